The zero-order valence-corrected chi connectivity index (χ0v) is 20.7. The number of fused-ring (bicyclic) bond motifs is 1. The molecule has 2 aromatic heterocycles. The summed E-state index contributed by atoms with van der Waals surface area (Å²) in [6.45, 7) is 1.67. The summed E-state index contributed by atoms with van der Waals surface area (Å²) in [6.07, 6.45) is 3.10. The van der Waals surface area contributed by atoms with Gasteiger partial charge in [0.15, 0.2) is 0 Å². The Balaban J connectivity index is 1.81. The number of carbonyl (C=O) groups is 1. The topological polar surface area (TPSA) is 91.8 Å². The molecule has 2 heterocycles. The maximum Gasteiger partial charge on any atom is 0.278 e. The minimum absolute atomic E-state index is 0.0173. The molecule has 5 rings (SSSR count). The van der Waals surface area contributed by atoms with Gasteiger partial charge in [-0.05, 0) is 73.6 Å². The largest absolute Gasteiger partial charge is 0.361 e. The highest BCUT2D eigenvalue weighted by atomic mass is 19.1. The first-order valence-electron chi connectivity index (χ1n) is 12.0. The van der Waals surface area contributed by atoms with E-state index >= 15 is 0 Å². The second kappa shape index (κ2) is 10.4. The van der Waals surface area contributed by atoms with Crippen LogP contribution in [0.25, 0.3) is 22.3 Å². The fourth-order valence-electron chi connectivity index (χ4n) is 4.44. The summed E-state index contributed by atoms with van der Waals surface area (Å²) in [6, 6.07) is 17.8. The van der Waals surface area contributed by atoms with Crippen LogP contribution in [0.5, 0.6) is 0 Å². The van der Waals surface area contributed by atoms with Crippen molar-refractivity contribution in [3.63, 3.8) is 0 Å². The van der Waals surface area contributed by atoms with Crippen LogP contribution in [-0.2, 0) is 4.79 Å². The van der Waals surface area contributed by atoms with Crippen LogP contribution < -0.4 is 16.2 Å². The summed E-state index contributed by atoms with van der Waals surface area (Å²) < 4.78 is 29.2. The zero-order valence-electron chi connectivity index (χ0n) is 20.7. The van der Waals surface area contributed by atoms with Gasteiger partial charge in [-0.15, -0.1) is 0 Å². The van der Waals surface area contributed by atoms with Crippen molar-refractivity contribution in [3.8, 4) is 11.4 Å². The van der Waals surface area contributed by atoms with Crippen LogP contribution in [0.2, 0.25) is 0 Å². The number of nitrogens with one attached hydrogen (secondary N) is 3. The average Bonchev–Trinajstić information content (AvgIpc) is 3.41. The van der Waals surface area contributed by atoms with Gasteiger partial charge in [-0.3, -0.25) is 14.2 Å². The lowest BCUT2D eigenvalue weighted by Crippen LogP contribution is -2.38. The van der Waals surface area contributed by atoms with E-state index in [0.717, 1.165) is 16.5 Å². The summed E-state index contributed by atoms with van der Waals surface area (Å²) in [7, 11) is 1.64. The summed E-state index contributed by atoms with van der Waals surface area (Å²) in [5.74, 6) is -0.992. The van der Waals surface area contributed by atoms with Gasteiger partial charge < -0.3 is 15.6 Å². The van der Waals surface area contributed by atoms with Crippen molar-refractivity contribution in [2.75, 3.05) is 12.4 Å². The minimum atomic E-state index is -0.756. The average molecular weight is 514 g/mol. The third-order valence-corrected chi connectivity index (χ3v) is 6.55. The van der Waals surface area contributed by atoms with Gasteiger partial charge in [0.1, 0.15) is 23.1 Å². The second-order valence-corrected chi connectivity index (χ2v) is 8.92. The molecular formula is C29H25F2N5O2. The minimum Gasteiger partial charge on any atom is -0.361 e. The highest BCUT2D eigenvalue weighted by Crippen LogP contribution is 2.34. The summed E-state index contributed by atoms with van der Waals surface area (Å²) >= 11 is 0. The lowest BCUT2D eigenvalue weighted by atomic mass is 9.94. The van der Waals surface area contributed by atoms with Crippen molar-refractivity contribution < 1.29 is 13.6 Å². The van der Waals surface area contributed by atoms with Crippen LogP contribution in [0.3, 0.4) is 0 Å². The zero-order chi connectivity index (χ0) is 26.8. The Kier molecular flexibility index (Phi) is 6.85. The maximum atomic E-state index is 14.1. The van der Waals surface area contributed by atoms with Crippen molar-refractivity contribution in [2.45, 2.75) is 19.0 Å². The number of hydrogen-bond donors (Lipinski definition) is 3. The number of likely N-dealkylation sites (N-methyl/N-ethyl adjacent to an activating group) is 1. The number of aromatic amines is 1. The second-order valence-electron chi connectivity index (χ2n) is 8.92. The quantitative estimate of drug-likeness (QED) is 0.290. The predicted molar refractivity (Wildman–Crippen MR) is 143 cm³/mol. The van der Waals surface area contributed by atoms with Gasteiger partial charge in [-0.25, -0.2) is 13.8 Å². The molecule has 0 aliphatic carbocycles. The lowest BCUT2D eigenvalue weighted by molar-refractivity contribution is -0.117. The number of amides is 1. The molecule has 3 aromatic carbocycles. The van der Waals surface area contributed by atoms with E-state index in [1.54, 1.807) is 32.3 Å². The third-order valence-electron chi connectivity index (χ3n) is 6.55. The van der Waals surface area contributed by atoms with Gasteiger partial charge in [0.05, 0.1) is 18.3 Å². The molecule has 0 radical (unpaired) electrons. The number of halogens is 2. The van der Waals surface area contributed by atoms with Crippen LogP contribution in [0.1, 0.15) is 24.1 Å². The first-order valence-corrected chi connectivity index (χ1v) is 12.0. The molecule has 2 unspecified atom stereocenters. The molecule has 1 amide bonds. The molecule has 5 aromatic rings. The fraction of sp³-hybridized carbons (Fsp3) is 0.138. The normalized spacial score (nSPS) is 12.8. The molecule has 0 spiro atoms. The summed E-state index contributed by atoms with van der Waals surface area (Å²) in [4.78, 5) is 34.5. The molecular weight excluding hydrogens is 488 g/mol. The number of anilines is 1. The Hall–Kier alpha value is -4.63. The van der Waals surface area contributed by atoms with E-state index in [9.17, 15) is 18.4 Å². The molecule has 3 N–H and O–H groups in total. The Morgan fingerprint density at radius 3 is 2.34 bits per heavy atom. The molecule has 0 bridgehead atoms. The SMILES string of the molecule is CNC(C)C(=O)Nc1cnc(-c2ccc(F)cc2)n(C(c2ccc(F)cc2)c2cccc3[nH]ccc23)c1=O. The number of aromatic nitrogens is 3. The molecule has 0 saturated carbocycles. The van der Waals surface area contributed by atoms with Crippen LogP contribution >= 0.6 is 0 Å². The summed E-state index contributed by atoms with van der Waals surface area (Å²) in [5.41, 5.74) is 2.20. The van der Waals surface area contributed by atoms with E-state index in [2.05, 4.69) is 20.6 Å². The van der Waals surface area contributed by atoms with E-state index < -0.39 is 35.2 Å². The van der Waals surface area contributed by atoms with Gasteiger partial charge in [-0.1, -0.05) is 24.3 Å². The van der Waals surface area contributed by atoms with Crippen LogP contribution in [0.15, 0.2) is 90.0 Å². The van der Waals surface area contributed by atoms with Gasteiger partial charge in [0, 0.05) is 22.7 Å². The Labute approximate surface area is 217 Å². The van der Waals surface area contributed by atoms with Crippen molar-refractivity contribution in [3.05, 3.63) is 118 Å². The van der Waals surface area contributed by atoms with E-state index in [-0.39, 0.29) is 11.5 Å². The van der Waals surface area contributed by atoms with E-state index in [1.807, 2.05) is 24.3 Å². The Bertz CT molecular complexity index is 1660. The standard InChI is InChI=1S/C29H25F2N5O2/c1-17(32-2)28(37)35-25-16-34-27(19-8-12-21(31)13-9-19)36(29(25)38)26(18-6-10-20(30)11-7-18)23-4-3-5-24-22(23)14-15-33-24/h3-17,26,32-33H,1-2H3,(H,35,37). The van der Waals surface area contributed by atoms with Crippen molar-refractivity contribution >= 4 is 22.5 Å². The van der Waals surface area contributed by atoms with Gasteiger partial charge >= 0.3 is 0 Å². The highest BCUT2D eigenvalue weighted by molar-refractivity contribution is 5.94. The molecule has 9 heteroatoms. The van der Waals surface area contributed by atoms with Crippen LogP contribution in [0, 0.1) is 11.6 Å². The number of rotatable bonds is 7. The molecule has 0 aliphatic heterocycles. The van der Waals surface area contributed by atoms with E-state index in [4.69, 9.17) is 0 Å². The number of carbonyl (C=O) groups excluding carboxylic acids is 1. The van der Waals surface area contributed by atoms with Gasteiger partial charge in [-0.2, -0.15) is 0 Å². The van der Waals surface area contributed by atoms with E-state index in [0.29, 0.717) is 11.1 Å². The smallest absolute Gasteiger partial charge is 0.278 e. The molecule has 0 aliphatic rings. The monoisotopic (exact) mass is 513 g/mol. The molecule has 0 fully saturated rings. The van der Waals surface area contributed by atoms with Crippen molar-refractivity contribution in [1.82, 2.24) is 19.9 Å². The van der Waals surface area contributed by atoms with Gasteiger partial charge in [0.25, 0.3) is 5.56 Å². The molecule has 0 saturated heterocycles. The Morgan fingerprint density at radius 2 is 1.66 bits per heavy atom. The maximum absolute atomic E-state index is 14.1. The fourth-order valence-corrected chi connectivity index (χ4v) is 4.44. The Morgan fingerprint density at radius 1 is 0.974 bits per heavy atom. The third kappa shape index (κ3) is 4.71. The molecule has 7 nitrogen and oxygen atoms in total. The van der Waals surface area contributed by atoms with E-state index in [1.165, 1.54) is 47.2 Å². The molecule has 2 atom stereocenters. The number of benzene rings is 3. The predicted octanol–water partition coefficient (Wildman–Crippen LogP) is 4.85. The molecule has 38 heavy (non-hydrogen) atoms. The van der Waals surface area contributed by atoms with Crippen molar-refractivity contribution in [2.24, 2.45) is 0 Å². The van der Waals surface area contributed by atoms with Crippen molar-refractivity contribution in [1.29, 1.82) is 0 Å². The van der Waals surface area contributed by atoms with Crippen LogP contribution in [0.4, 0.5) is 14.5 Å². The highest BCUT2D eigenvalue weighted by Gasteiger charge is 2.26. The first-order chi connectivity index (χ1) is 18.4. The van der Waals surface area contributed by atoms with Crippen LogP contribution in [-0.4, -0.2) is 33.5 Å². The van der Waals surface area contributed by atoms with Gasteiger partial charge in [0.2, 0.25) is 5.91 Å². The lowest BCUT2D eigenvalue weighted by Gasteiger charge is -2.25. The first kappa shape index (κ1) is 25.0. The number of nitrogens with zero attached hydrogens (tertiary/aromatic N) is 2. The summed E-state index contributed by atoms with van der Waals surface area (Å²) in [5, 5.41) is 6.37. The molecule has 192 valence electrons. The number of hydrogen-bond acceptors (Lipinski definition) is 4. The number of H-pyrrole nitrogens is 1.